The second kappa shape index (κ2) is 7.20. The molecule has 9 heteroatoms. The third-order valence-corrected chi connectivity index (χ3v) is 4.90. The van der Waals surface area contributed by atoms with Crippen molar-refractivity contribution in [2.75, 3.05) is 13.2 Å². The third kappa shape index (κ3) is 3.96. The highest BCUT2D eigenvalue weighted by atomic mass is 32.1. The van der Waals surface area contributed by atoms with E-state index < -0.39 is 18.7 Å². The van der Waals surface area contributed by atoms with Crippen LogP contribution in [0.5, 0.6) is 0 Å². The van der Waals surface area contributed by atoms with Gasteiger partial charge in [0.15, 0.2) is 6.80 Å². The topological polar surface area (TPSA) is 39.1 Å². The van der Waals surface area contributed by atoms with Crippen LogP contribution >= 0.6 is 11.3 Å². The van der Waals surface area contributed by atoms with Gasteiger partial charge in [-0.2, -0.15) is 18.3 Å². The Bertz CT molecular complexity index is 677. The van der Waals surface area contributed by atoms with Crippen molar-refractivity contribution in [1.29, 1.82) is 0 Å². The van der Waals surface area contributed by atoms with Gasteiger partial charge >= 0.3 is 6.18 Å². The summed E-state index contributed by atoms with van der Waals surface area (Å²) in [6, 6.07) is 4.43. The van der Waals surface area contributed by atoms with E-state index in [1.165, 1.54) is 11.3 Å². The van der Waals surface area contributed by atoms with Crippen molar-refractivity contribution in [3.8, 4) is 10.6 Å². The van der Waals surface area contributed by atoms with Crippen LogP contribution in [0.4, 0.5) is 17.6 Å². The van der Waals surface area contributed by atoms with Gasteiger partial charge in [-0.3, -0.25) is 0 Å². The maximum atomic E-state index is 12.8. The van der Waals surface area contributed by atoms with Crippen molar-refractivity contribution >= 4 is 11.3 Å². The molecule has 0 aliphatic carbocycles. The van der Waals surface area contributed by atoms with E-state index in [0.29, 0.717) is 16.1 Å². The summed E-state index contributed by atoms with van der Waals surface area (Å²) in [5.74, 6) is 0. The lowest BCUT2D eigenvalue weighted by atomic mass is 10.2. The van der Waals surface area contributed by atoms with Crippen LogP contribution in [0.25, 0.3) is 10.6 Å². The molecule has 4 nitrogen and oxygen atoms in total. The van der Waals surface area contributed by atoms with Gasteiger partial charge in [-0.05, 0) is 31.0 Å². The standard InChI is InChI=1S/C15H17F4N3OS/c16-9-22-14(15(17,18)19)6-12(21-22)13-4-3-11(24-13)8-20-7-10-2-1-5-23-10/h3-4,6,10,20H,1-2,5,7-9H2/t10-/m1/s1. The molecule has 2 aromatic rings. The maximum Gasteiger partial charge on any atom is 0.433 e. The molecule has 0 bridgehead atoms. The summed E-state index contributed by atoms with van der Waals surface area (Å²) < 4.78 is 57.1. The van der Waals surface area contributed by atoms with Crippen LogP contribution in [0.15, 0.2) is 18.2 Å². The zero-order valence-electron chi connectivity index (χ0n) is 12.8. The Morgan fingerprint density at radius 2 is 2.21 bits per heavy atom. The van der Waals surface area contributed by atoms with E-state index in [4.69, 9.17) is 4.74 Å². The summed E-state index contributed by atoms with van der Waals surface area (Å²) in [7, 11) is 0. The molecule has 3 rings (SSSR count). The minimum atomic E-state index is -4.62. The van der Waals surface area contributed by atoms with E-state index in [2.05, 4.69) is 10.4 Å². The van der Waals surface area contributed by atoms with Crippen molar-refractivity contribution in [2.24, 2.45) is 0 Å². The van der Waals surface area contributed by atoms with Gasteiger partial charge in [0.05, 0.1) is 11.0 Å². The van der Waals surface area contributed by atoms with Gasteiger partial charge in [0.1, 0.15) is 11.4 Å². The largest absolute Gasteiger partial charge is 0.433 e. The van der Waals surface area contributed by atoms with Crippen molar-refractivity contribution in [2.45, 2.75) is 38.5 Å². The molecule has 0 radical (unpaired) electrons. The van der Waals surface area contributed by atoms with Crippen molar-refractivity contribution in [3.63, 3.8) is 0 Å². The number of nitrogens with zero attached hydrogens (tertiary/aromatic N) is 2. The molecule has 1 fully saturated rings. The molecule has 0 aromatic carbocycles. The van der Waals surface area contributed by atoms with Crippen LogP contribution in [0.2, 0.25) is 0 Å². The number of alkyl halides is 4. The normalized spacial score (nSPS) is 18.4. The lowest BCUT2D eigenvalue weighted by Gasteiger charge is -2.09. The molecule has 0 unspecified atom stereocenters. The molecule has 0 spiro atoms. The Labute approximate surface area is 140 Å². The Kier molecular flexibility index (Phi) is 5.21. The number of nitrogens with one attached hydrogen (secondary N) is 1. The first kappa shape index (κ1) is 17.4. The van der Waals surface area contributed by atoms with E-state index in [1.807, 2.05) is 6.07 Å². The maximum absolute atomic E-state index is 12.8. The van der Waals surface area contributed by atoms with Gasteiger partial charge in [-0.15, -0.1) is 11.3 Å². The molecule has 132 valence electrons. The number of aromatic nitrogens is 2. The fourth-order valence-corrected chi connectivity index (χ4v) is 3.56. The number of hydrogen-bond donors (Lipinski definition) is 1. The highest BCUT2D eigenvalue weighted by Crippen LogP contribution is 2.34. The summed E-state index contributed by atoms with van der Waals surface area (Å²) in [6.07, 6.45) is -2.27. The Morgan fingerprint density at radius 3 is 2.83 bits per heavy atom. The van der Waals surface area contributed by atoms with Crippen LogP contribution in [0.3, 0.4) is 0 Å². The Hall–Kier alpha value is -1.45. The predicted octanol–water partition coefficient (Wildman–Crippen LogP) is 3.83. The van der Waals surface area contributed by atoms with Crippen LogP contribution in [-0.4, -0.2) is 29.0 Å². The highest BCUT2D eigenvalue weighted by molar-refractivity contribution is 7.15. The molecular formula is C15H17F4N3OS. The molecule has 0 saturated carbocycles. The van der Waals surface area contributed by atoms with Gasteiger partial charge in [0.25, 0.3) is 0 Å². The average molecular weight is 363 g/mol. The summed E-state index contributed by atoms with van der Waals surface area (Å²) in [5, 5.41) is 6.99. The van der Waals surface area contributed by atoms with Gasteiger partial charge in [0.2, 0.25) is 0 Å². The van der Waals surface area contributed by atoms with Gasteiger partial charge in [-0.25, -0.2) is 9.07 Å². The van der Waals surface area contributed by atoms with Gasteiger partial charge < -0.3 is 10.1 Å². The lowest BCUT2D eigenvalue weighted by Crippen LogP contribution is -2.25. The van der Waals surface area contributed by atoms with Crippen LogP contribution < -0.4 is 5.32 Å². The van der Waals surface area contributed by atoms with Crippen molar-refractivity contribution in [1.82, 2.24) is 15.1 Å². The SMILES string of the molecule is FCn1nc(-c2ccc(CNC[C@H]3CCCO3)s2)cc1C(F)(F)F. The first-order valence-electron chi connectivity index (χ1n) is 7.60. The monoisotopic (exact) mass is 363 g/mol. The first-order chi connectivity index (χ1) is 11.5. The number of rotatable bonds is 6. The quantitative estimate of drug-likeness (QED) is 0.793. The van der Waals surface area contributed by atoms with E-state index in [0.717, 1.165) is 36.9 Å². The number of hydrogen-bond acceptors (Lipinski definition) is 4. The van der Waals surface area contributed by atoms with Crippen LogP contribution in [-0.2, 0) is 24.3 Å². The summed E-state index contributed by atoms with van der Waals surface area (Å²) in [6.45, 7) is 0.854. The Balaban J connectivity index is 1.65. The minimum Gasteiger partial charge on any atom is -0.377 e. The number of halogens is 4. The van der Waals surface area contributed by atoms with E-state index in [1.54, 1.807) is 6.07 Å². The Morgan fingerprint density at radius 1 is 1.38 bits per heavy atom. The fraction of sp³-hybridized carbons (Fsp3) is 0.533. The van der Waals surface area contributed by atoms with Crippen molar-refractivity contribution < 1.29 is 22.3 Å². The summed E-state index contributed by atoms with van der Waals surface area (Å²) >= 11 is 1.34. The molecule has 1 aliphatic heterocycles. The molecule has 0 amide bonds. The molecule has 3 heterocycles. The smallest absolute Gasteiger partial charge is 0.377 e. The molecule has 2 aromatic heterocycles. The van der Waals surface area contributed by atoms with Gasteiger partial charge in [-0.1, -0.05) is 0 Å². The van der Waals surface area contributed by atoms with Crippen LogP contribution in [0, 0.1) is 0 Å². The molecule has 24 heavy (non-hydrogen) atoms. The predicted molar refractivity (Wildman–Crippen MR) is 82.3 cm³/mol. The molecule has 1 aliphatic rings. The average Bonchev–Trinajstić information content (AvgIpc) is 3.26. The fourth-order valence-electron chi connectivity index (χ4n) is 2.63. The number of thiophene rings is 1. The van der Waals surface area contributed by atoms with E-state index in [-0.39, 0.29) is 11.8 Å². The van der Waals surface area contributed by atoms with E-state index >= 15 is 0 Å². The minimum absolute atomic E-state index is 0.135. The summed E-state index contributed by atoms with van der Waals surface area (Å²) in [4.78, 5) is 1.56. The lowest BCUT2D eigenvalue weighted by molar-refractivity contribution is -0.145. The number of ether oxygens (including phenoxy) is 1. The zero-order chi connectivity index (χ0) is 17.2. The van der Waals surface area contributed by atoms with Crippen LogP contribution in [0.1, 0.15) is 23.4 Å². The second-order valence-corrected chi connectivity index (χ2v) is 6.73. The molecule has 1 atom stereocenters. The molecule has 1 N–H and O–H groups in total. The third-order valence-electron chi connectivity index (χ3n) is 3.79. The summed E-state index contributed by atoms with van der Waals surface area (Å²) in [5.41, 5.74) is -0.943. The zero-order valence-corrected chi connectivity index (χ0v) is 13.6. The molecular weight excluding hydrogens is 346 g/mol. The highest BCUT2D eigenvalue weighted by Gasteiger charge is 2.36. The molecule has 1 saturated heterocycles. The second-order valence-electron chi connectivity index (χ2n) is 5.56. The van der Waals surface area contributed by atoms with Gasteiger partial charge in [0, 0.05) is 24.6 Å². The first-order valence-corrected chi connectivity index (χ1v) is 8.41. The van der Waals surface area contributed by atoms with Crippen molar-refractivity contribution in [3.05, 3.63) is 28.8 Å². The van der Waals surface area contributed by atoms with E-state index in [9.17, 15) is 17.6 Å².